The van der Waals surface area contributed by atoms with E-state index in [0.29, 0.717) is 5.92 Å². The zero-order chi connectivity index (χ0) is 13.2. The van der Waals surface area contributed by atoms with Gasteiger partial charge < -0.3 is 9.64 Å². The van der Waals surface area contributed by atoms with Crippen LogP contribution in [-0.4, -0.2) is 30.1 Å². The maximum atomic E-state index is 12.3. The van der Waals surface area contributed by atoms with Crippen LogP contribution >= 0.6 is 0 Å². The molecule has 1 aromatic carbocycles. The predicted octanol–water partition coefficient (Wildman–Crippen LogP) is 2.78. The zero-order valence-electron chi connectivity index (χ0n) is 11.4. The number of carbonyl (C=O) groups excluding carboxylic acids is 1. The molecular weight excluding hydrogens is 238 g/mol. The summed E-state index contributed by atoms with van der Waals surface area (Å²) in [5.41, 5.74) is 1.23. The van der Waals surface area contributed by atoms with Crippen LogP contribution in [0, 0.1) is 5.92 Å². The number of hydrogen-bond donors (Lipinski definition) is 0. The second-order valence-corrected chi connectivity index (χ2v) is 5.67. The van der Waals surface area contributed by atoms with E-state index in [-0.39, 0.29) is 18.1 Å². The molecule has 0 unspecified atom stereocenters. The van der Waals surface area contributed by atoms with Crippen molar-refractivity contribution in [2.75, 3.05) is 13.2 Å². The van der Waals surface area contributed by atoms with E-state index in [1.54, 1.807) is 0 Å². The lowest BCUT2D eigenvalue weighted by Crippen LogP contribution is -2.49. The van der Waals surface area contributed by atoms with Crippen molar-refractivity contribution in [1.29, 1.82) is 0 Å². The third-order valence-electron chi connectivity index (χ3n) is 4.11. The average molecular weight is 259 g/mol. The van der Waals surface area contributed by atoms with Gasteiger partial charge in [0.05, 0.1) is 12.6 Å². The first kappa shape index (κ1) is 12.7. The summed E-state index contributed by atoms with van der Waals surface area (Å²) in [5, 5.41) is 0. The Morgan fingerprint density at radius 1 is 1.32 bits per heavy atom. The number of rotatable bonds is 5. The largest absolute Gasteiger partial charge is 0.368 e. The number of amides is 1. The molecule has 3 nitrogen and oxygen atoms in total. The van der Waals surface area contributed by atoms with E-state index in [2.05, 4.69) is 12.1 Å². The van der Waals surface area contributed by atoms with Gasteiger partial charge in [-0.3, -0.25) is 4.79 Å². The van der Waals surface area contributed by atoms with Crippen LogP contribution in [0.5, 0.6) is 0 Å². The van der Waals surface area contributed by atoms with Crippen LogP contribution in [0.4, 0.5) is 0 Å². The molecule has 1 aliphatic heterocycles. The molecule has 3 heteroatoms. The van der Waals surface area contributed by atoms with Crippen molar-refractivity contribution < 1.29 is 9.53 Å². The number of likely N-dealkylation sites (tertiary alicyclic amines) is 1. The summed E-state index contributed by atoms with van der Waals surface area (Å²) in [7, 11) is 0. The molecule has 1 amide bonds. The fourth-order valence-electron chi connectivity index (χ4n) is 2.54. The number of benzene rings is 1. The molecule has 1 saturated carbocycles. The highest BCUT2D eigenvalue weighted by atomic mass is 16.5. The summed E-state index contributed by atoms with van der Waals surface area (Å²) < 4.78 is 5.68. The number of ether oxygens (including phenoxy) is 1. The first-order valence-electron chi connectivity index (χ1n) is 7.22. The standard InChI is InChI=1S/C16H21NO2/c1-12(19-11-13-7-8-13)16(18)17-10-9-15(17)14-5-3-2-4-6-14/h2-6,12-13,15H,7-11H2,1H3/t12-,15+/m0/s1. The molecule has 102 valence electrons. The van der Waals surface area contributed by atoms with Gasteiger partial charge in [0.1, 0.15) is 6.10 Å². The fourth-order valence-corrected chi connectivity index (χ4v) is 2.54. The summed E-state index contributed by atoms with van der Waals surface area (Å²) >= 11 is 0. The Morgan fingerprint density at radius 2 is 2.05 bits per heavy atom. The minimum absolute atomic E-state index is 0.140. The summed E-state index contributed by atoms with van der Waals surface area (Å²) in [6.45, 7) is 3.48. The first-order valence-corrected chi connectivity index (χ1v) is 7.22. The molecule has 1 aliphatic carbocycles. The van der Waals surface area contributed by atoms with Gasteiger partial charge in [0.15, 0.2) is 0 Å². The Bertz CT molecular complexity index is 441. The minimum atomic E-state index is -0.299. The van der Waals surface area contributed by atoms with Crippen LogP contribution in [-0.2, 0) is 9.53 Å². The Labute approximate surface area is 114 Å². The van der Waals surface area contributed by atoms with Crippen LogP contribution in [0.1, 0.15) is 37.8 Å². The molecule has 3 rings (SSSR count). The first-order chi connectivity index (χ1) is 9.25. The van der Waals surface area contributed by atoms with Crippen LogP contribution in [0.25, 0.3) is 0 Å². The van der Waals surface area contributed by atoms with Gasteiger partial charge in [-0.1, -0.05) is 30.3 Å². The Balaban J connectivity index is 1.57. The Morgan fingerprint density at radius 3 is 2.63 bits per heavy atom. The van der Waals surface area contributed by atoms with Gasteiger partial charge in [-0.25, -0.2) is 0 Å². The van der Waals surface area contributed by atoms with Gasteiger partial charge in [-0.2, -0.15) is 0 Å². The third-order valence-corrected chi connectivity index (χ3v) is 4.11. The van der Waals surface area contributed by atoms with Crippen LogP contribution in [0.15, 0.2) is 30.3 Å². The quantitative estimate of drug-likeness (QED) is 0.813. The molecule has 2 fully saturated rings. The highest BCUT2D eigenvalue weighted by Gasteiger charge is 2.36. The monoisotopic (exact) mass is 259 g/mol. The van der Waals surface area contributed by atoms with E-state index in [9.17, 15) is 4.79 Å². The van der Waals surface area contributed by atoms with Gasteiger partial charge in [-0.05, 0) is 37.7 Å². The SMILES string of the molecule is C[C@H](OCC1CC1)C(=O)N1CC[C@@H]1c1ccccc1. The Hall–Kier alpha value is -1.35. The summed E-state index contributed by atoms with van der Waals surface area (Å²) in [6.07, 6.45) is 3.28. The number of carbonyl (C=O) groups is 1. The Kier molecular flexibility index (Phi) is 3.56. The second kappa shape index (κ2) is 5.33. The molecule has 2 atom stereocenters. The van der Waals surface area contributed by atoms with Crippen molar-refractivity contribution >= 4 is 5.91 Å². The van der Waals surface area contributed by atoms with Crippen LogP contribution < -0.4 is 0 Å². The van der Waals surface area contributed by atoms with Crippen LogP contribution in [0.3, 0.4) is 0 Å². The zero-order valence-corrected chi connectivity index (χ0v) is 11.4. The third kappa shape index (κ3) is 2.81. The summed E-state index contributed by atoms with van der Waals surface area (Å²) in [4.78, 5) is 14.3. The summed E-state index contributed by atoms with van der Waals surface area (Å²) in [5.74, 6) is 0.845. The fraction of sp³-hybridized carbons (Fsp3) is 0.562. The van der Waals surface area contributed by atoms with Gasteiger partial charge in [0, 0.05) is 6.54 Å². The van der Waals surface area contributed by atoms with Crippen LogP contribution in [0.2, 0.25) is 0 Å². The van der Waals surface area contributed by atoms with Gasteiger partial charge in [-0.15, -0.1) is 0 Å². The van der Waals surface area contributed by atoms with Crippen molar-refractivity contribution in [3.05, 3.63) is 35.9 Å². The number of nitrogens with zero attached hydrogens (tertiary/aromatic N) is 1. The molecule has 1 aromatic rings. The molecule has 1 saturated heterocycles. The highest BCUT2D eigenvalue weighted by Crippen LogP contribution is 2.34. The molecule has 2 aliphatic rings. The van der Waals surface area contributed by atoms with Crippen molar-refractivity contribution in [3.8, 4) is 0 Å². The maximum absolute atomic E-state index is 12.3. The van der Waals surface area contributed by atoms with E-state index in [1.165, 1.54) is 18.4 Å². The van der Waals surface area contributed by atoms with E-state index < -0.39 is 0 Å². The molecule has 0 N–H and O–H groups in total. The molecule has 0 radical (unpaired) electrons. The number of hydrogen-bond acceptors (Lipinski definition) is 2. The van der Waals surface area contributed by atoms with Crippen molar-refractivity contribution in [3.63, 3.8) is 0 Å². The smallest absolute Gasteiger partial charge is 0.251 e. The second-order valence-electron chi connectivity index (χ2n) is 5.67. The predicted molar refractivity (Wildman–Crippen MR) is 73.7 cm³/mol. The van der Waals surface area contributed by atoms with Crippen molar-refractivity contribution in [1.82, 2.24) is 4.90 Å². The lowest BCUT2D eigenvalue weighted by Gasteiger charge is -2.42. The van der Waals surface area contributed by atoms with E-state index in [4.69, 9.17) is 4.74 Å². The van der Waals surface area contributed by atoms with Gasteiger partial charge in [0.25, 0.3) is 5.91 Å². The molecule has 1 heterocycles. The molecule has 0 bridgehead atoms. The molecule has 19 heavy (non-hydrogen) atoms. The highest BCUT2D eigenvalue weighted by molar-refractivity contribution is 5.81. The molecule has 0 aromatic heterocycles. The van der Waals surface area contributed by atoms with Crippen molar-refractivity contribution in [2.45, 2.75) is 38.3 Å². The minimum Gasteiger partial charge on any atom is -0.368 e. The summed E-state index contributed by atoms with van der Waals surface area (Å²) in [6, 6.07) is 10.5. The van der Waals surface area contributed by atoms with E-state index >= 15 is 0 Å². The van der Waals surface area contributed by atoms with Gasteiger partial charge in [0.2, 0.25) is 0 Å². The lowest BCUT2D eigenvalue weighted by atomic mass is 9.94. The van der Waals surface area contributed by atoms with E-state index in [1.807, 2.05) is 30.0 Å². The average Bonchev–Trinajstić information content (AvgIpc) is 3.20. The molecular formula is C16H21NO2. The lowest BCUT2D eigenvalue weighted by molar-refractivity contribution is -0.151. The maximum Gasteiger partial charge on any atom is 0.251 e. The topological polar surface area (TPSA) is 29.5 Å². The normalized spacial score (nSPS) is 23.8. The molecule has 0 spiro atoms. The van der Waals surface area contributed by atoms with E-state index in [0.717, 1.165) is 19.6 Å². The van der Waals surface area contributed by atoms with Crippen molar-refractivity contribution in [2.24, 2.45) is 5.92 Å². The van der Waals surface area contributed by atoms with Gasteiger partial charge >= 0.3 is 0 Å².